The van der Waals surface area contributed by atoms with E-state index < -0.39 is 10.0 Å². The molecule has 0 aliphatic rings. The monoisotopic (exact) mass is 341 g/mol. The Hall–Kier alpha value is -1.44. The first-order valence-corrected chi connectivity index (χ1v) is 9.32. The van der Waals surface area contributed by atoms with E-state index in [9.17, 15) is 13.2 Å². The SMILES string of the molecule is CC(C)CC(C)CC(=O)Nc1cccc(S(=O)(=O)NCCN)c1. The molecule has 0 spiro atoms. The smallest absolute Gasteiger partial charge is 0.240 e. The summed E-state index contributed by atoms with van der Waals surface area (Å²) in [6.45, 7) is 6.68. The van der Waals surface area contributed by atoms with Gasteiger partial charge in [-0.05, 0) is 36.5 Å². The van der Waals surface area contributed by atoms with E-state index in [-0.39, 0.29) is 29.8 Å². The van der Waals surface area contributed by atoms with E-state index >= 15 is 0 Å². The second-order valence-electron chi connectivity index (χ2n) is 6.20. The Labute approximate surface area is 138 Å². The van der Waals surface area contributed by atoms with Gasteiger partial charge in [-0.2, -0.15) is 0 Å². The fourth-order valence-electron chi connectivity index (χ4n) is 2.43. The first-order chi connectivity index (χ1) is 10.7. The van der Waals surface area contributed by atoms with Crippen LogP contribution in [-0.2, 0) is 14.8 Å². The Morgan fingerprint density at radius 3 is 2.57 bits per heavy atom. The summed E-state index contributed by atoms with van der Waals surface area (Å²) in [4.78, 5) is 12.2. The molecule has 1 atom stereocenters. The number of hydrogen-bond donors (Lipinski definition) is 3. The fraction of sp³-hybridized carbons (Fsp3) is 0.562. The zero-order chi connectivity index (χ0) is 17.5. The lowest BCUT2D eigenvalue weighted by Crippen LogP contribution is -2.29. The molecule has 0 saturated carbocycles. The lowest BCUT2D eigenvalue weighted by molar-refractivity contribution is -0.117. The highest BCUT2D eigenvalue weighted by Gasteiger charge is 2.15. The van der Waals surface area contributed by atoms with E-state index in [1.54, 1.807) is 12.1 Å². The summed E-state index contributed by atoms with van der Waals surface area (Å²) < 4.78 is 26.5. The summed E-state index contributed by atoms with van der Waals surface area (Å²) >= 11 is 0. The summed E-state index contributed by atoms with van der Waals surface area (Å²) in [5.41, 5.74) is 5.78. The van der Waals surface area contributed by atoms with Crippen molar-refractivity contribution in [1.29, 1.82) is 0 Å². The van der Waals surface area contributed by atoms with E-state index in [4.69, 9.17) is 5.73 Å². The minimum atomic E-state index is -3.60. The molecule has 0 saturated heterocycles. The Morgan fingerprint density at radius 2 is 1.96 bits per heavy atom. The van der Waals surface area contributed by atoms with Crippen LogP contribution >= 0.6 is 0 Å². The Bertz CT molecular complexity index is 615. The standard InChI is InChI=1S/C16H27N3O3S/c1-12(2)9-13(3)10-16(20)19-14-5-4-6-15(11-14)23(21,22)18-8-7-17/h4-6,11-13,18H,7-10,17H2,1-3H3,(H,19,20). The summed E-state index contributed by atoms with van der Waals surface area (Å²) in [6, 6.07) is 6.21. The summed E-state index contributed by atoms with van der Waals surface area (Å²) in [5, 5.41) is 2.76. The highest BCUT2D eigenvalue weighted by molar-refractivity contribution is 7.89. The summed E-state index contributed by atoms with van der Waals surface area (Å²) in [6.07, 6.45) is 1.39. The summed E-state index contributed by atoms with van der Waals surface area (Å²) in [5.74, 6) is 0.718. The molecule has 0 radical (unpaired) electrons. The molecule has 1 rings (SSSR count). The van der Waals surface area contributed by atoms with E-state index in [2.05, 4.69) is 23.9 Å². The van der Waals surface area contributed by atoms with Crippen molar-refractivity contribution in [1.82, 2.24) is 4.72 Å². The number of carbonyl (C=O) groups is 1. The van der Waals surface area contributed by atoms with Crippen LogP contribution in [0.4, 0.5) is 5.69 Å². The predicted molar refractivity (Wildman–Crippen MR) is 92.6 cm³/mol. The van der Waals surface area contributed by atoms with Crippen LogP contribution in [0.15, 0.2) is 29.2 Å². The predicted octanol–water partition coefficient (Wildman–Crippen LogP) is 1.93. The van der Waals surface area contributed by atoms with Gasteiger partial charge in [-0.1, -0.05) is 26.8 Å². The van der Waals surface area contributed by atoms with Crippen molar-refractivity contribution in [3.63, 3.8) is 0 Å². The first kappa shape index (κ1) is 19.6. The van der Waals surface area contributed by atoms with Crippen molar-refractivity contribution in [2.75, 3.05) is 18.4 Å². The molecular weight excluding hydrogens is 314 g/mol. The quantitative estimate of drug-likeness (QED) is 0.639. The van der Waals surface area contributed by atoms with Crippen LogP contribution in [0.1, 0.15) is 33.6 Å². The van der Waals surface area contributed by atoms with Crippen molar-refractivity contribution < 1.29 is 13.2 Å². The third kappa shape index (κ3) is 7.11. The third-order valence-corrected chi connectivity index (χ3v) is 4.73. The molecule has 130 valence electrons. The maximum atomic E-state index is 12.0. The van der Waals surface area contributed by atoms with Gasteiger partial charge < -0.3 is 11.1 Å². The topological polar surface area (TPSA) is 101 Å². The van der Waals surface area contributed by atoms with E-state index in [1.165, 1.54) is 12.1 Å². The van der Waals surface area contributed by atoms with Crippen LogP contribution in [0.5, 0.6) is 0 Å². The second-order valence-corrected chi connectivity index (χ2v) is 7.97. The molecule has 1 unspecified atom stereocenters. The highest BCUT2D eigenvalue weighted by atomic mass is 32.2. The number of nitrogens with one attached hydrogen (secondary N) is 2. The van der Waals surface area contributed by atoms with Gasteiger partial charge in [-0.25, -0.2) is 13.1 Å². The van der Waals surface area contributed by atoms with E-state index in [0.29, 0.717) is 18.0 Å². The lowest BCUT2D eigenvalue weighted by Gasteiger charge is -2.14. The lowest BCUT2D eigenvalue weighted by atomic mass is 9.96. The third-order valence-electron chi connectivity index (χ3n) is 3.27. The number of hydrogen-bond acceptors (Lipinski definition) is 4. The molecular formula is C16H27N3O3S. The van der Waals surface area contributed by atoms with Gasteiger partial charge >= 0.3 is 0 Å². The highest BCUT2D eigenvalue weighted by Crippen LogP contribution is 2.18. The van der Waals surface area contributed by atoms with Crippen LogP contribution < -0.4 is 15.8 Å². The number of sulfonamides is 1. The maximum Gasteiger partial charge on any atom is 0.240 e. The first-order valence-electron chi connectivity index (χ1n) is 7.84. The number of benzene rings is 1. The van der Waals surface area contributed by atoms with Crippen LogP contribution in [0.25, 0.3) is 0 Å². The summed E-state index contributed by atoms with van der Waals surface area (Å²) in [7, 11) is -3.60. The van der Waals surface area contributed by atoms with Gasteiger partial charge in [0.25, 0.3) is 0 Å². The van der Waals surface area contributed by atoms with Crippen LogP contribution in [0.2, 0.25) is 0 Å². The Balaban J connectivity index is 2.72. The molecule has 0 bridgehead atoms. The van der Waals surface area contributed by atoms with Gasteiger partial charge in [0.2, 0.25) is 15.9 Å². The zero-order valence-electron chi connectivity index (χ0n) is 14.0. The minimum absolute atomic E-state index is 0.109. The Kier molecular flexibility index (Phi) is 7.67. The van der Waals surface area contributed by atoms with Crippen LogP contribution in [0.3, 0.4) is 0 Å². The number of nitrogens with two attached hydrogens (primary N) is 1. The molecule has 23 heavy (non-hydrogen) atoms. The zero-order valence-corrected chi connectivity index (χ0v) is 14.8. The van der Waals surface area contributed by atoms with E-state index in [1.807, 2.05) is 6.92 Å². The van der Waals surface area contributed by atoms with Crippen LogP contribution in [0, 0.1) is 11.8 Å². The molecule has 0 aliphatic carbocycles. The Morgan fingerprint density at radius 1 is 1.26 bits per heavy atom. The van der Waals surface area contributed by atoms with Crippen molar-refractivity contribution in [3.05, 3.63) is 24.3 Å². The van der Waals surface area contributed by atoms with Crippen molar-refractivity contribution in [3.8, 4) is 0 Å². The normalized spacial score (nSPS) is 13.1. The average Bonchev–Trinajstić information content (AvgIpc) is 2.44. The molecule has 0 aromatic heterocycles. The van der Waals surface area contributed by atoms with Gasteiger partial charge in [0.05, 0.1) is 4.90 Å². The van der Waals surface area contributed by atoms with Gasteiger partial charge in [-0.3, -0.25) is 4.79 Å². The molecule has 0 heterocycles. The van der Waals surface area contributed by atoms with Crippen LogP contribution in [-0.4, -0.2) is 27.4 Å². The van der Waals surface area contributed by atoms with Crippen molar-refractivity contribution in [2.45, 2.75) is 38.5 Å². The molecule has 0 aliphatic heterocycles. The number of anilines is 1. The van der Waals surface area contributed by atoms with Crippen molar-refractivity contribution >= 4 is 21.6 Å². The molecule has 0 fully saturated rings. The average molecular weight is 341 g/mol. The molecule has 1 aromatic rings. The largest absolute Gasteiger partial charge is 0.329 e. The molecule has 4 N–H and O–H groups in total. The van der Waals surface area contributed by atoms with Gasteiger partial charge in [0, 0.05) is 25.2 Å². The van der Waals surface area contributed by atoms with Gasteiger partial charge in [0.1, 0.15) is 0 Å². The number of rotatable bonds is 9. The second kappa shape index (κ2) is 9.00. The fourth-order valence-corrected chi connectivity index (χ4v) is 3.53. The molecule has 7 heteroatoms. The van der Waals surface area contributed by atoms with Gasteiger partial charge in [-0.15, -0.1) is 0 Å². The van der Waals surface area contributed by atoms with Crippen molar-refractivity contribution in [2.24, 2.45) is 17.6 Å². The number of amides is 1. The molecule has 6 nitrogen and oxygen atoms in total. The minimum Gasteiger partial charge on any atom is -0.329 e. The molecule has 1 aromatic carbocycles. The molecule has 1 amide bonds. The van der Waals surface area contributed by atoms with E-state index in [0.717, 1.165) is 6.42 Å². The number of carbonyl (C=O) groups excluding carboxylic acids is 1. The van der Waals surface area contributed by atoms with Gasteiger partial charge in [0.15, 0.2) is 0 Å². The maximum absolute atomic E-state index is 12.0.